The second-order valence-electron chi connectivity index (χ2n) is 4.38. The number of halogens is 1. The number of fused-ring (bicyclic) bond motifs is 1. The smallest absolute Gasteiger partial charge is 0.0930 e. The molecule has 0 amide bonds. The Balaban J connectivity index is 1.75. The molecule has 17 heavy (non-hydrogen) atoms. The Hall–Kier alpha value is -0.160. The van der Waals surface area contributed by atoms with Crippen LogP contribution in [0.15, 0.2) is 22.0 Å². The zero-order valence-electron chi connectivity index (χ0n) is 9.28. The maximum Gasteiger partial charge on any atom is 0.0930 e. The lowest BCUT2D eigenvalue weighted by Gasteiger charge is -2.06. The molecular weight excluding hydrogens is 316 g/mol. The number of aliphatic hydroxyl groups excluding tert-OH is 1. The minimum Gasteiger partial charge on any atom is -0.387 e. The summed E-state index contributed by atoms with van der Waals surface area (Å²) in [4.78, 5) is 3.86. The van der Waals surface area contributed by atoms with Crippen LogP contribution in [0.2, 0.25) is 0 Å². The van der Waals surface area contributed by atoms with Crippen LogP contribution in [0.25, 0.3) is 0 Å². The Kier molecular flexibility index (Phi) is 3.39. The largest absolute Gasteiger partial charge is 0.387 e. The third kappa shape index (κ3) is 2.50. The van der Waals surface area contributed by atoms with Gasteiger partial charge in [0, 0.05) is 21.1 Å². The summed E-state index contributed by atoms with van der Waals surface area (Å²) in [6.07, 6.45) is 4.09. The monoisotopic (exact) mass is 328 g/mol. The molecule has 1 N–H and O–H groups in total. The molecule has 0 saturated heterocycles. The fourth-order valence-corrected chi connectivity index (χ4v) is 5.03. The van der Waals surface area contributed by atoms with E-state index in [9.17, 15) is 5.11 Å². The first-order chi connectivity index (χ1) is 8.22. The Bertz CT molecular complexity index is 508. The summed E-state index contributed by atoms with van der Waals surface area (Å²) in [5.74, 6) is 0. The zero-order valence-corrected chi connectivity index (χ0v) is 12.5. The van der Waals surface area contributed by atoms with E-state index < -0.39 is 0 Å². The third-order valence-corrected chi connectivity index (χ3v) is 6.10. The lowest BCUT2D eigenvalue weighted by Crippen LogP contribution is -1.97. The fourth-order valence-electron chi connectivity index (χ4n) is 2.27. The molecule has 0 fully saturated rings. The first-order valence-electron chi connectivity index (χ1n) is 5.76. The molecule has 3 rings (SSSR count). The van der Waals surface area contributed by atoms with E-state index >= 15 is 0 Å². The highest BCUT2D eigenvalue weighted by Gasteiger charge is 2.19. The van der Waals surface area contributed by atoms with Crippen molar-refractivity contribution in [1.82, 2.24) is 0 Å². The summed E-state index contributed by atoms with van der Waals surface area (Å²) in [6, 6.07) is 6.33. The van der Waals surface area contributed by atoms with Gasteiger partial charge < -0.3 is 5.11 Å². The molecule has 2 aromatic heterocycles. The van der Waals surface area contributed by atoms with Crippen LogP contribution in [0.5, 0.6) is 0 Å². The van der Waals surface area contributed by atoms with E-state index in [1.807, 2.05) is 6.07 Å². The van der Waals surface area contributed by atoms with Gasteiger partial charge in [-0.05, 0) is 59.0 Å². The number of hydrogen-bond donors (Lipinski definition) is 1. The van der Waals surface area contributed by atoms with Crippen LogP contribution in [0.4, 0.5) is 0 Å². The van der Waals surface area contributed by atoms with Crippen LogP contribution < -0.4 is 0 Å². The van der Waals surface area contributed by atoms with E-state index in [4.69, 9.17) is 0 Å². The molecule has 1 aliphatic carbocycles. The summed E-state index contributed by atoms with van der Waals surface area (Å²) in [5.41, 5.74) is 1.47. The minimum absolute atomic E-state index is 0.337. The number of rotatable bonds is 3. The molecule has 0 spiro atoms. The molecule has 0 saturated carbocycles. The predicted molar refractivity (Wildman–Crippen MR) is 77.0 cm³/mol. The summed E-state index contributed by atoms with van der Waals surface area (Å²) in [6.45, 7) is 0. The highest BCUT2D eigenvalue weighted by atomic mass is 79.9. The van der Waals surface area contributed by atoms with Gasteiger partial charge in [0.2, 0.25) is 0 Å². The van der Waals surface area contributed by atoms with Crippen LogP contribution in [-0.2, 0) is 19.3 Å². The highest BCUT2D eigenvalue weighted by molar-refractivity contribution is 9.11. The average molecular weight is 329 g/mol. The zero-order chi connectivity index (χ0) is 11.8. The van der Waals surface area contributed by atoms with Crippen LogP contribution in [0.3, 0.4) is 0 Å². The van der Waals surface area contributed by atoms with Crippen molar-refractivity contribution >= 4 is 38.6 Å². The number of aryl methyl sites for hydroxylation is 2. The topological polar surface area (TPSA) is 20.2 Å². The van der Waals surface area contributed by atoms with Crippen molar-refractivity contribution in [2.24, 2.45) is 0 Å². The van der Waals surface area contributed by atoms with E-state index in [2.05, 4.69) is 28.1 Å². The molecule has 2 aromatic rings. The SMILES string of the molecule is OC(Cc1ccc(Br)s1)c1cc2c(s1)CCC2. The van der Waals surface area contributed by atoms with Crippen molar-refractivity contribution < 1.29 is 5.11 Å². The quantitative estimate of drug-likeness (QED) is 0.888. The maximum absolute atomic E-state index is 10.2. The number of hydrogen-bond acceptors (Lipinski definition) is 3. The van der Waals surface area contributed by atoms with E-state index in [0.717, 1.165) is 15.1 Å². The van der Waals surface area contributed by atoms with E-state index in [1.165, 1.54) is 34.6 Å². The van der Waals surface area contributed by atoms with Gasteiger partial charge in [-0.15, -0.1) is 22.7 Å². The lowest BCUT2D eigenvalue weighted by atomic mass is 10.1. The van der Waals surface area contributed by atoms with Gasteiger partial charge in [0.15, 0.2) is 0 Å². The van der Waals surface area contributed by atoms with Gasteiger partial charge in [-0.2, -0.15) is 0 Å². The van der Waals surface area contributed by atoms with E-state index in [-0.39, 0.29) is 6.10 Å². The first kappa shape index (κ1) is 11.9. The van der Waals surface area contributed by atoms with Gasteiger partial charge in [0.25, 0.3) is 0 Å². The van der Waals surface area contributed by atoms with Gasteiger partial charge in [-0.25, -0.2) is 0 Å². The number of thiophene rings is 2. The molecule has 0 radical (unpaired) electrons. The van der Waals surface area contributed by atoms with Gasteiger partial charge in [-0.3, -0.25) is 0 Å². The molecule has 0 aliphatic heterocycles. The Labute approximate surface area is 117 Å². The van der Waals surface area contributed by atoms with Crippen LogP contribution in [-0.4, -0.2) is 5.11 Å². The summed E-state index contributed by atoms with van der Waals surface area (Å²) in [5, 5.41) is 10.2. The van der Waals surface area contributed by atoms with Gasteiger partial charge in [0.05, 0.1) is 9.89 Å². The Morgan fingerprint density at radius 1 is 1.29 bits per heavy atom. The van der Waals surface area contributed by atoms with Crippen molar-refractivity contribution in [3.8, 4) is 0 Å². The molecule has 0 bridgehead atoms. The molecule has 1 nitrogen and oxygen atoms in total. The molecular formula is C13H13BrOS2. The molecule has 0 aromatic carbocycles. The van der Waals surface area contributed by atoms with Crippen molar-refractivity contribution in [1.29, 1.82) is 0 Å². The second kappa shape index (κ2) is 4.84. The summed E-state index contributed by atoms with van der Waals surface area (Å²) < 4.78 is 1.13. The summed E-state index contributed by atoms with van der Waals surface area (Å²) >= 11 is 6.96. The molecule has 1 atom stereocenters. The summed E-state index contributed by atoms with van der Waals surface area (Å²) in [7, 11) is 0. The van der Waals surface area contributed by atoms with E-state index in [1.54, 1.807) is 22.7 Å². The van der Waals surface area contributed by atoms with Gasteiger partial charge >= 0.3 is 0 Å². The number of aliphatic hydroxyl groups is 1. The van der Waals surface area contributed by atoms with Gasteiger partial charge in [0.1, 0.15) is 0 Å². The Morgan fingerprint density at radius 2 is 2.18 bits per heavy atom. The van der Waals surface area contributed by atoms with Crippen LogP contribution in [0.1, 0.15) is 32.7 Å². The molecule has 1 unspecified atom stereocenters. The second-order valence-corrected chi connectivity index (χ2v) is 8.09. The standard InChI is InChI=1S/C13H13BrOS2/c14-13-5-4-9(16-13)7-10(15)12-6-8-2-1-3-11(8)17-12/h4-6,10,15H,1-3,7H2. The Morgan fingerprint density at radius 3 is 2.88 bits per heavy atom. The average Bonchev–Trinajstić information content (AvgIpc) is 2.92. The normalized spacial score (nSPS) is 16.1. The predicted octanol–water partition coefficient (Wildman–Crippen LogP) is 4.34. The van der Waals surface area contributed by atoms with Crippen molar-refractivity contribution in [2.75, 3.05) is 0 Å². The third-order valence-electron chi connectivity index (χ3n) is 3.12. The molecule has 2 heterocycles. The van der Waals surface area contributed by atoms with Crippen molar-refractivity contribution in [2.45, 2.75) is 31.8 Å². The van der Waals surface area contributed by atoms with Crippen molar-refractivity contribution in [3.63, 3.8) is 0 Å². The molecule has 4 heteroatoms. The van der Waals surface area contributed by atoms with E-state index in [0.29, 0.717) is 0 Å². The minimum atomic E-state index is -0.337. The lowest BCUT2D eigenvalue weighted by molar-refractivity contribution is 0.183. The van der Waals surface area contributed by atoms with Crippen LogP contribution >= 0.6 is 38.6 Å². The highest BCUT2D eigenvalue weighted by Crippen LogP contribution is 2.35. The first-order valence-corrected chi connectivity index (χ1v) is 8.19. The van der Waals surface area contributed by atoms with Crippen molar-refractivity contribution in [3.05, 3.63) is 42.2 Å². The van der Waals surface area contributed by atoms with Crippen LogP contribution in [0, 0.1) is 0 Å². The molecule has 1 aliphatic rings. The molecule has 90 valence electrons. The van der Waals surface area contributed by atoms with Gasteiger partial charge in [-0.1, -0.05) is 0 Å². The fraction of sp³-hybridized carbons (Fsp3) is 0.385. The maximum atomic E-state index is 10.2.